The molecule has 0 radical (unpaired) electrons. The molecule has 4 nitrogen and oxygen atoms in total. The van der Waals surface area contributed by atoms with E-state index in [2.05, 4.69) is 6.92 Å². The fourth-order valence-electron chi connectivity index (χ4n) is 3.66. The normalized spacial score (nSPS) is 18.7. The molecule has 0 bridgehead atoms. The molecule has 2 heterocycles. The zero-order chi connectivity index (χ0) is 19.7. The minimum atomic E-state index is -0.326. The second kappa shape index (κ2) is 8.69. The number of benzene rings is 2. The zero-order valence-electron chi connectivity index (χ0n) is 16.2. The lowest BCUT2D eigenvalue weighted by Crippen LogP contribution is -2.34. The van der Waals surface area contributed by atoms with Gasteiger partial charge in [-0.05, 0) is 42.6 Å². The van der Waals surface area contributed by atoms with Crippen molar-refractivity contribution in [2.75, 3.05) is 19.6 Å². The molecule has 1 amide bonds. The smallest absolute Gasteiger partial charge is 0.264 e. The van der Waals surface area contributed by atoms with Crippen LogP contribution in [0.5, 0.6) is 5.75 Å². The van der Waals surface area contributed by atoms with Gasteiger partial charge >= 0.3 is 0 Å². The molecular formula is C22H24ClFN2O2S. The van der Waals surface area contributed by atoms with E-state index in [-0.39, 0.29) is 36.2 Å². The quantitative estimate of drug-likeness (QED) is 0.624. The van der Waals surface area contributed by atoms with Crippen molar-refractivity contribution in [2.24, 2.45) is 11.1 Å². The molecule has 0 saturated carbocycles. The number of hydrogen-bond donors (Lipinski definition) is 1. The Kier molecular flexibility index (Phi) is 6.46. The molecule has 1 aliphatic rings. The maximum Gasteiger partial charge on any atom is 0.264 e. The van der Waals surface area contributed by atoms with Crippen molar-refractivity contribution in [3.63, 3.8) is 0 Å². The summed E-state index contributed by atoms with van der Waals surface area (Å²) in [5.74, 6) is 0.297. The van der Waals surface area contributed by atoms with Crippen molar-refractivity contribution in [2.45, 2.75) is 20.0 Å². The minimum Gasteiger partial charge on any atom is -0.489 e. The zero-order valence-corrected chi connectivity index (χ0v) is 17.8. The molecule has 1 atom stereocenters. The van der Waals surface area contributed by atoms with Gasteiger partial charge in [0, 0.05) is 28.7 Å². The fourth-order valence-corrected chi connectivity index (χ4v) is 4.85. The third-order valence-corrected chi connectivity index (χ3v) is 6.61. The van der Waals surface area contributed by atoms with Crippen LogP contribution in [0, 0.1) is 11.2 Å². The van der Waals surface area contributed by atoms with Gasteiger partial charge < -0.3 is 15.4 Å². The number of halogens is 2. The molecule has 1 saturated heterocycles. The van der Waals surface area contributed by atoms with Gasteiger partial charge in [0.1, 0.15) is 18.2 Å². The Morgan fingerprint density at radius 2 is 2.00 bits per heavy atom. The number of carbonyl (C=O) groups is 1. The summed E-state index contributed by atoms with van der Waals surface area (Å²) in [6.45, 7) is 4.08. The minimum absolute atomic E-state index is 0. The molecule has 154 valence electrons. The predicted molar refractivity (Wildman–Crippen MR) is 117 cm³/mol. The molecule has 7 heteroatoms. The predicted octanol–water partition coefficient (Wildman–Crippen LogP) is 4.85. The van der Waals surface area contributed by atoms with Crippen LogP contribution in [0.3, 0.4) is 0 Å². The average Bonchev–Trinajstić information content (AvgIpc) is 3.29. The van der Waals surface area contributed by atoms with E-state index in [0.29, 0.717) is 41.2 Å². The highest BCUT2D eigenvalue weighted by molar-refractivity contribution is 7.21. The van der Waals surface area contributed by atoms with Crippen LogP contribution in [0.4, 0.5) is 4.39 Å². The van der Waals surface area contributed by atoms with Gasteiger partial charge in [-0.2, -0.15) is 0 Å². The first-order chi connectivity index (χ1) is 13.5. The maximum atomic E-state index is 14.6. The topological polar surface area (TPSA) is 55.6 Å². The molecule has 1 fully saturated rings. The van der Waals surface area contributed by atoms with Crippen LogP contribution in [0.1, 0.15) is 28.6 Å². The van der Waals surface area contributed by atoms with Crippen LogP contribution in [-0.4, -0.2) is 30.4 Å². The van der Waals surface area contributed by atoms with Crippen molar-refractivity contribution < 1.29 is 13.9 Å². The Morgan fingerprint density at radius 1 is 1.24 bits per heavy atom. The number of nitrogens with two attached hydrogens (primary N) is 1. The molecule has 4 rings (SSSR count). The van der Waals surface area contributed by atoms with Gasteiger partial charge in [-0.1, -0.05) is 31.2 Å². The number of carbonyl (C=O) groups excluding carboxylic acids is 1. The third kappa shape index (κ3) is 4.25. The Balaban J connectivity index is 0.00000240. The van der Waals surface area contributed by atoms with Crippen molar-refractivity contribution >= 4 is 39.7 Å². The summed E-state index contributed by atoms with van der Waals surface area (Å²) in [4.78, 5) is 15.7. The van der Waals surface area contributed by atoms with E-state index in [9.17, 15) is 9.18 Å². The summed E-state index contributed by atoms with van der Waals surface area (Å²) in [6, 6.07) is 14.3. The second-order valence-electron chi connectivity index (χ2n) is 7.62. The lowest BCUT2D eigenvalue weighted by Gasteiger charge is -2.22. The van der Waals surface area contributed by atoms with Gasteiger partial charge in [-0.15, -0.1) is 23.7 Å². The lowest BCUT2D eigenvalue weighted by molar-refractivity contribution is 0.0779. The fraction of sp³-hybridized carbons (Fsp3) is 0.318. The standard InChI is InChI=1S/C22H23FN2O2S.ClH/c1-22(13-24)10-11-25(14-22)21(26)20-16(12-27-15-6-3-2-4-7-15)19-17(23)8-5-9-18(19)28-20;/h2-9H,10-14,24H2,1H3;1H. The van der Waals surface area contributed by atoms with Gasteiger partial charge in [-0.3, -0.25) is 4.79 Å². The largest absolute Gasteiger partial charge is 0.489 e. The summed E-state index contributed by atoms with van der Waals surface area (Å²) >= 11 is 1.33. The molecule has 2 aromatic carbocycles. The van der Waals surface area contributed by atoms with E-state index in [4.69, 9.17) is 10.5 Å². The number of rotatable bonds is 5. The molecule has 0 aliphatic carbocycles. The Morgan fingerprint density at radius 3 is 2.69 bits per heavy atom. The van der Waals surface area contributed by atoms with Crippen LogP contribution >= 0.6 is 23.7 Å². The molecular weight excluding hydrogens is 411 g/mol. The number of hydrogen-bond acceptors (Lipinski definition) is 4. The van der Waals surface area contributed by atoms with Crippen molar-refractivity contribution in [3.8, 4) is 5.75 Å². The van der Waals surface area contributed by atoms with Crippen molar-refractivity contribution in [1.82, 2.24) is 4.90 Å². The summed E-state index contributed by atoms with van der Waals surface area (Å²) in [5, 5.41) is 0.479. The summed E-state index contributed by atoms with van der Waals surface area (Å²) in [6.07, 6.45) is 0.879. The Labute approximate surface area is 179 Å². The maximum absolute atomic E-state index is 14.6. The summed E-state index contributed by atoms with van der Waals surface area (Å²) in [7, 11) is 0. The molecule has 0 spiro atoms. The lowest BCUT2D eigenvalue weighted by atomic mass is 9.90. The molecule has 1 aromatic heterocycles. The number of amides is 1. The molecule has 3 aromatic rings. The number of para-hydroxylation sites is 1. The van der Waals surface area contributed by atoms with Crippen LogP contribution in [0.25, 0.3) is 10.1 Å². The van der Waals surface area contributed by atoms with Crippen molar-refractivity contribution in [1.29, 1.82) is 0 Å². The first kappa shape index (κ1) is 21.6. The Bertz CT molecular complexity index is 1010. The molecule has 2 N–H and O–H groups in total. The number of fused-ring (bicyclic) bond motifs is 1. The van der Waals surface area contributed by atoms with Crippen molar-refractivity contribution in [3.05, 3.63) is 64.8 Å². The number of likely N-dealkylation sites (tertiary alicyclic amines) is 1. The monoisotopic (exact) mass is 434 g/mol. The van der Waals surface area contributed by atoms with Crippen LogP contribution in [-0.2, 0) is 6.61 Å². The highest BCUT2D eigenvalue weighted by atomic mass is 35.5. The summed E-state index contributed by atoms with van der Waals surface area (Å²) in [5.41, 5.74) is 6.45. The first-order valence-electron chi connectivity index (χ1n) is 9.38. The van der Waals surface area contributed by atoms with Gasteiger partial charge in [0.25, 0.3) is 5.91 Å². The highest BCUT2D eigenvalue weighted by Crippen LogP contribution is 2.37. The number of ether oxygens (including phenoxy) is 1. The second-order valence-corrected chi connectivity index (χ2v) is 8.67. The first-order valence-corrected chi connectivity index (χ1v) is 10.2. The Hall–Kier alpha value is -2.15. The van der Waals surface area contributed by atoms with E-state index in [1.165, 1.54) is 17.4 Å². The number of thiophene rings is 1. The van der Waals surface area contributed by atoms with E-state index in [0.717, 1.165) is 11.1 Å². The SMILES string of the molecule is CC1(CN)CCN(C(=O)c2sc3cccc(F)c3c2COc2ccccc2)C1.Cl. The average molecular weight is 435 g/mol. The molecule has 1 aliphatic heterocycles. The van der Waals surface area contributed by atoms with Crippen LogP contribution in [0.15, 0.2) is 48.5 Å². The van der Waals surface area contributed by atoms with E-state index in [1.54, 1.807) is 6.07 Å². The van der Waals surface area contributed by atoms with Gasteiger partial charge in [-0.25, -0.2) is 4.39 Å². The molecule has 29 heavy (non-hydrogen) atoms. The van der Waals surface area contributed by atoms with Gasteiger partial charge in [0.2, 0.25) is 0 Å². The van der Waals surface area contributed by atoms with E-state index < -0.39 is 0 Å². The number of nitrogens with zero attached hydrogens (tertiary/aromatic N) is 1. The van der Waals surface area contributed by atoms with Gasteiger partial charge in [0.05, 0.1) is 4.88 Å². The highest BCUT2D eigenvalue weighted by Gasteiger charge is 2.36. The third-order valence-electron chi connectivity index (χ3n) is 5.42. The van der Waals surface area contributed by atoms with E-state index in [1.807, 2.05) is 41.3 Å². The molecule has 1 unspecified atom stereocenters. The summed E-state index contributed by atoms with van der Waals surface area (Å²) < 4.78 is 21.3. The van der Waals surface area contributed by atoms with Crippen LogP contribution < -0.4 is 10.5 Å². The van der Waals surface area contributed by atoms with Crippen LogP contribution in [0.2, 0.25) is 0 Å². The van der Waals surface area contributed by atoms with Gasteiger partial charge in [0.15, 0.2) is 0 Å². The van der Waals surface area contributed by atoms with E-state index >= 15 is 0 Å².